The maximum Gasteiger partial charge on any atom is 0.337 e. The van der Waals surface area contributed by atoms with Gasteiger partial charge >= 0.3 is 5.97 Å². The molecule has 28 heavy (non-hydrogen) atoms. The van der Waals surface area contributed by atoms with E-state index >= 15 is 0 Å². The fourth-order valence-corrected chi connectivity index (χ4v) is 2.34. The van der Waals surface area contributed by atoms with E-state index < -0.39 is 23.5 Å². The molecule has 3 rings (SSSR count). The number of nitrogens with zero attached hydrogens (tertiary/aromatic N) is 1. The zero-order valence-electron chi connectivity index (χ0n) is 14.7. The number of pyridine rings is 1. The van der Waals surface area contributed by atoms with Gasteiger partial charge in [-0.15, -0.1) is 0 Å². The maximum absolute atomic E-state index is 13.2. The van der Waals surface area contributed by atoms with Gasteiger partial charge in [-0.05, 0) is 54.6 Å². The van der Waals surface area contributed by atoms with Crippen molar-refractivity contribution in [2.45, 2.75) is 0 Å². The quantitative estimate of drug-likeness (QED) is 0.647. The summed E-state index contributed by atoms with van der Waals surface area (Å²) in [5.74, 6) is -2.61. The monoisotopic (exact) mass is 383 g/mol. The van der Waals surface area contributed by atoms with E-state index in [4.69, 9.17) is 0 Å². The SMILES string of the molecule is COC(=O)c1ccc(Nc2ccc(NC(=O)c3ccc(F)c(F)c3)cn2)cc1. The summed E-state index contributed by atoms with van der Waals surface area (Å²) in [5.41, 5.74) is 1.52. The summed E-state index contributed by atoms with van der Waals surface area (Å²) in [6.45, 7) is 0. The maximum atomic E-state index is 13.2. The van der Waals surface area contributed by atoms with E-state index in [9.17, 15) is 18.4 Å². The Balaban J connectivity index is 1.63. The normalized spacial score (nSPS) is 10.2. The summed E-state index contributed by atoms with van der Waals surface area (Å²) < 4.78 is 30.8. The predicted octanol–water partition coefficient (Wildman–Crippen LogP) is 4.14. The highest BCUT2D eigenvalue weighted by Gasteiger charge is 2.10. The largest absolute Gasteiger partial charge is 0.465 e. The average molecular weight is 383 g/mol. The van der Waals surface area contributed by atoms with Crippen molar-refractivity contribution in [2.24, 2.45) is 0 Å². The molecular weight excluding hydrogens is 368 g/mol. The van der Waals surface area contributed by atoms with Crippen LogP contribution in [-0.4, -0.2) is 24.0 Å². The third kappa shape index (κ3) is 4.47. The van der Waals surface area contributed by atoms with Crippen LogP contribution in [0.5, 0.6) is 0 Å². The lowest BCUT2D eigenvalue weighted by Gasteiger charge is -2.08. The van der Waals surface area contributed by atoms with E-state index in [0.29, 0.717) is 22.8 Å². The summed E-state index contributed by atoms with van der Waals surface area (Å²) in [6, 6.07) is 12.8. The number of ether oxygens (including phenoxy) is 1. The topological polar surface area (TPSA) is 80.3 Å². The van der Waals surface area contributed by atoms with Gasteiger partial charge in [-0.1, -0.05) is 0 Å². The minimum Gasteiger partial charge on any atom is -0.465 e. The van der Waals surface area contributed by atoms with Crippen molar-refractivity contribution in [3.63, 3.8) is 0 Å². The fraction of sp³-hybridized carbons (Fsp3) is 0.0500. The Morgan fingerprint density at radius 2 is 1.57 bits per heavy atom. The molecule has 0 saturated heterocycles. The number of hydrogen-bond donors (Lipinski definition) is 2. The van der Waals surface area contributed by atoms with Gasteiger partial charge in [-0.25, -0.2) is 18.6 Å². The van der Waals surface area contributed by atoms with Crippen molar-refractivity contribution in [2.75, 3.05) is 17.7 Å². The van der Waals surface area contributed by atoms with E-state index in [1.807, 2.05) is 0 Å². The molecule has 0 aliphatic carbocycles. The number of hydrogen-bond acceptors (Lipinski definition) is 5. The molecule has 1 amide bonds. The first-order valence-electron chi connectivity index (χ1n) is 8.14. The van der Waals surface area contributed by atoms with Gasteiger partial charge in [0.2, 0.25) is 0 Å². The number of halogens is 2. The fourth-order valence-electron chi connectivity index (χ4n) is 2.34. The molecule has 6 nitrogen and oxygen atoms in total. The molecule has 0 bridgehead atoms. The molecule has 2 aromatic carbocycles. The molecule has 0 unspecified atom stereocenters. The van der Waals surface area contributed by atoms with Gasteiger partial charge in [0.1, 0.15) is 5.82 Å². The third-order valence-corrected chi connectivity index (χ3v) is 3.78. The molecule has 0 spiro atoms. The highest BCUT2D eigenvalue weighted by Crippen LogP contribution is 2.18. The second kappa shape index (κ2) is 8.26. The number of carbonyl (C=O) groups excluding carboxylic acids is 2. The van der Waals surface area contributed by atoms with E-state index in [-0.39, 0.29) is 5.56 Å². The van der Waals surface area contributed by atoms with Crippen molar-refractivity contribution in [1.82, 2.24) is 4.98 Å². The zero-order valence-corrected chi connectivity index (χ0v) is 14.7. The van der Waals surface area contributed by atoms with Gasteiger partial charge in [0.05, 0.1) is 24.6 Å². The molecule has 8 heteroatoms. The number of carbonyl (C=O) groups is 2. The highest BCUT2D eigenvalue weighted by atomic mass is 19.2. The van der Waals surface area contributed by atoms with Gasteiger partial charge in [0.15, 0.2) is 11.6 Å². The standard InChI is InChI=1S/C20H15F2N3O3/c1-28-20(27)12-2-5-14(6-3-12)24-18-9-7-15(11-23-18)25-19(26)13-4-8-16(21)17(22)10-13/h2-11H,1H3,(H,23,24)(H,25,26). The minimum absolute atomic E-state index is 0.00760. The second-order valence-corrected chi connectivity index (χ2v) is 5.71. The molecule has 0 aliphatic heterocycles. The number of anilines is 3. The lowest BCUT2D eigenvalue weighted by atomic mass is 10.2. The summed E-state index contributed by atoms with van der Waals surface area (Å²) in [7, 11) is 1.31. The van der Waals surface area contributed by atoms with Gasteiger partial charge < -0.3 is 15.4 Å². The van der Waals surface area contributed by atoms with Crippen LogP contribution < -0.4 is 10.6 Å². The molecular formula is C20H15F2N3O3. The van der Waals surface area contributed by atoms with Gasteiger partial charge in [-0.3, -0.25) is 4.79 Å². The number of benzene rings is 2. The van der Waals surface area contributed by atoms with E-state index in [1.54, 1.807) is 36.4 Å². The summed E-state index contributed by atoms with van der Waals surface area (Å²) in [6.07, 6.45) is 1.42. The highest BCUT2D eigenvalue weighted by molar-refractivity contribution is 6.04. The van der Waals surface area contributed by atoms with Crippen molar-refractivity contribution in [1.29, 1.82) is 0 Å². The van der Waals surface area contributed by atoms with Crippen LogP contribution in [0.4, 0.5) is 26.0 Å². The van der Waals surface area contributed by atoms with Gasteiger partial charge in [-0.2, -0.15) is 0 Å². The van der Waals surface area contributed by atoms with Crippen LogP contribution >= 0.6 is 0 Å². The Hall–Kier alpha value is -3.81. The lowest BCUT2D eigenvalue weighted by molar-refractivity contribution is 0.0600. The third-order valence-electron chi connectivity index (χ3n) is 3.78. The molecule has 0 saturated carbocycles. The van der Waals surface area contributed by atoms with Crippen molar-refractivity contribution in [3.05, 3.63) is 83.6 Å². The Labute approximate surface area is 159 Å². The molecule has 3 aromatic rings. The van der Waals surface area contributed by atoms with Crippen LogP contribution in [0.1, 0.15) is 20.7 Å². The van der Waals surface area contributed by atoms with E-state index in [1.165, 1.54) is 19.4 Å². The first kappa shape index (κ1) is 19.0. The van der Waals surface area contributed by atoms with Crippen LogP contribution in [-0.2, 0) is 4.74 Å². The van der Waals surface area contributed by atoms with E-state index in [2.05, 4.69) is 20.4 Å². The van der Waals surface area contributed by atoms with E-state index in [0.717, 1.165) is 12.1 Å². The molecule has 0 aliphatic rings. The van der Waals surface area contributed by atoms with Crippen LogP contribution in [0.25, 0.3) is 0 Å². The smallest absolute Gasteiger partial charge is 0.337 e. The Kier molecular flexibility index (Phi) is 5.59. The molecule has 0 radical (unpaired) electrons. The molecule has 1 heterocycles. The van der Waals surface area contributed by atoms with Crippen molar-refractivity contribution < 1.29 is 23.1 Å². The van der Waals surface area contributed by atoms with Gasteiger partial charge in [0, 0.05) is 11.3 Å². The Morgan fingerprint density at radius 1 is 0.893 bits per heavy atom. The van der Waals surface area contributed by atoms with Crippen LogP contribution in [0.15, 0.2) is 60.8 Å². The molecule has 0 fully saturated rings. The predicted molar refractivity (Wildman–Crippen MR) is 99.6 cm³/mol. The number of methoxy groups -OCH3 is 1. The first-order chi connectivity index (χ1) is 13.5. The number of rotatable bonds is 5. The Morgan fingerprint density at radius 3 is 2.18 bits per heavy atom. The number of esters is 1. The van der Waals surface area contributed by atoms with Crippen molar-refractivity contribution in [3.8, 4) is 0 Å². The summed E-state index contributed by atoms with van der Waals surface area (Å²) in [5, 5.41) is 5.60. The van der Waals surface area contributed by atoms with Crippen LogP contribution in [0, 0.1) is 11.6 Å². The van der Waals surface area contributed by atoms with Crippen molar-refractivity contribution >= 4 is 29.1 Å². The minimum atomic E-state index is -1.09. The summed E-state index contributed by atoms with van der Waals surface area (Å²) in [4.78, 5) is 27.7. The van der Waals surface area contributed by atoms with Gasteiger partial charge in [0.25, 0.3) is 5.91 Å². The lowest BCUT2D eigenvalue weighted by Crippen LogP contribution is -2.12. The molecule has 1 aromatic heterocycles. The number of aromatic nitrogens is 1. The number of nitrogens with one attached hydrogen (secondary N) is 2. The van der Waals surface area contributed by atoms with Crippen LogP contribution in [0.3, 0.4) is 0 Å². The van der Waals surface area contributed by atoms with Crippen LogP contribution in [0.2, 0.25) is 0 Å². The Bertz CT molecular complexity index is 1010. The number of amides is 1. The summed E-state index contributed by atoms with van der Waals surface area (Å²) >= 11 is 0. The zero-order chi connectivity index (χ0) is 20.1. The average Bonchev–Trinajstić information content (AvgIpc) is 2.71. The second-order valence-electron chi connectivity index (χ2n) is 5.71. The molecule has 142 valence electrons. The molecule has 0 atom stereocenters. The first-order valence-corrected chi connectivity index (χ1v) is 8.14. The molecule has 2 N–H and O–H groups in total.